The molecule has 0 spiro atoms. The number of amides is 2. The molecule has 1 N–H and O–H groups in total. The number of methoxy groups -OCH3 is 1. The zero-order chi connectivity index (χ0) is 21.5. The maximum Gasteiger partial charge on any atom is 0.242 e. The van der Waals surface area contributed by atoms with E-state index in [0.717, 1.165) is 50.2 Å². The summed E-state index contributed by atoms with van der Waals surface area (Å²) in [4.78, 5) is 30.4. The monoisotopic (exact) mass is 415 g/mol. The Hall–Kier alpha value is -2.08. The van der Waals surface area contributed by atoms with Crippen molar-refractivity contribution in [3.05, 3.63) is 24.3 Å². The smallest absolute Gasteiger partial charge is 0.242 e. The van der Waals surface area contributed by atoms with Crippen molar-refractivity contribution in [3.8, 4) is 5.75 Å². The average molecular weight is 416 g/mol. The zero-order valence-corrected chi connectivity index (χ0v) is 18.7. The summed E-state index contributed by atoms with van der Waals surface area (Å²) in [6, 6.07) is 7.37. The van der Waals surface area contributed by atoms with Crippen molar-refractivity contribution in [1.82, 2.24) is 9.80 Å². The summed E-state index contributed by atoms with van der Waals surface area (Å²) in [5, 5.41) is 3.12. The van der Waals surface area contributed by atoms with E-state index in [1.807, 2.05) is 29.2 Å². The summed E-state index contributed by atoms with van der Waals surface area (Å²) < 4.78 is 5.21. The topological polar surface area (TPSA) is 61.9 Å². The molecule has 6 nitrogen and oxygen atoms in total. The molecule has 2 aliphatic rings. The number of ether oxygens (including phenoxy) is 1. The van der Waals surface area contributed by atoms with E-state index in [1.165, 1.54) is 12.8 Å². The van der Waals surface area contributed by atoms with Gasteiger partial charge in [0.25, 0.3) is 0 Å². The fourth-order valence-electron chi connectivity index (χ4n) is 4.96. The quantitative estimate of drug-likeness (QED) is 0.702. The molecule has 2 fully saturated rings. The Morgan fingerprint density at radius 1 is 1.03 bits per heavy atom. The lowest BCUT2D eigenvalue weighted by Gasteiger charge is -2.41. The number of benzene rings is 1. The van der Waals surface area contributed by atoms with Crippen molar-refractivity contribution >= 4 is 17.5 Å². The first-order valence-electron chi connectivity index (χ1n) is 11.5. The van der Waals surface area contributed by atoms with E-state index in [4.69, 9.17) is 4.74 Å². The number of piperazine rings is 1. The maximum atomic E-state index is 13.3. The van der Waals surface area contributed by atoms with Gasteiger partial charge in [-0.2, -0.15) is 0 Å². The lowest BCUT2D eigenvalue weighted by atomic mass is 9.94. The standard InChI is InChI=1S/C24H37N3O3/c1-4-18(5-2)24(29)27-16-14-26(15-17-27)22(19-8-6-7-9-19)23(28)25-20-10-12-21(30-3)13-11-20/h10-13,18-19,22H,4-9,14-17H2,1-3H3,(H,25,28). The number of nitrogens with one attached hydrogen (secondary N) is 1. The van der Waals surface area contributed by atoms with Gasteiger partial charge < -0.3 is 15.0 Å². The zero-order valence-electron chi connectivity index (χ0n) is 18.7. The van der Waals surface area contributed by atoms with Crippen LogP contribution in [0.2, 0.25) is 0 Å². The molecule has 3 rings (SSSR count). The molecule has 1 aromatic rings. The van der Waals surface area contributed by atoms with Gasteiger partial charge in [-0.05, 0) is 55.9 Å². The van der Waals surface area contributed by atoms with Crippen LogP contribution in [-0.2, 0) is 9.59 Å². The molecule has 166 valence electrons. The van der Waals surface area contributed by atoms with Crippen molar-refractivity contribution in [3.63, 3.8) is 0 Å². The molecule has 1 aliphatic heterocycles. The minimum atomic E-state index is -0.125. The van der Waals surface area contributed by atoms with Crippen LogP contribution in [0.4, 0.5) is 5.69 Å². The molecular formula is C24H37N3O3. The van der Waals surface area contributed by atoms with Crippen LogP contribution >= 0.6 is 0 Å². The third-order valence-corrected chi connectivity index (χ3v) is 6.83. The van der Waals surface area contributed by atoms with Crippen LogP contribution in [0.15, 0.2) is 24.3 Å². The summed E-state index contributed by atoms with van der Waals surface area (Å²) in [5.41, 5.74) is 0.798. The second-order valence-electron chi connectivity index (χ2n) is 8.58. The van der Waals surface area contributed by atoms with Crippen molar-refractivity contribution < 1.29 is 14.3 Å². The molecular weight excluding hydrogens is 378 g/mol. The molecule has 1 aromatic carbocycles. The van der Waals surface area contributed by atoms with E-state index in [0.29, 0.717) is 19.0 Å². The van der Waals surface area contributed by atoms with Crippen molar-refractivity contribution in [1.29, 1.82) is 0 Å². The van der Waals surface area contributed by atoms with Gasteiger partial charge in [-0.25, -0.2) is 0 Å². The Kier molecular flexibility index (Phi) is 8.14. The van der Waals surface area contributed by atoms with Gasteiger partial charge in [-0.15, -0.1) is 0 Å². The lowest BCUT2D eigenvalue weighted by molar-refractivity contribution is -0.138. The van der Waals surface area contributed by atoms with Gasteiger partial charge in [-0.3, -0.25) is 14.5 Å². The fraction of sp³-hybridized carbons (Fsp3) is 0.667. The van der Waals surface area contributed by atoms with Crippen LogP contribution < -0.4 is 10.1 Å². The summed E-state index contributed by atoms with van der Waals surface area (Å²) in [7, 11) is 1.64. The van der Waals surface area contributed by atoms with Crippen molar-refractivity contribution in [2.75, 3.05) is 38.6 Å². The minimum absolute atomic E-state index is 0.0758. The van der Waals surface area contributed by atoms with Gasteiger partial charge in [-0.1, -0.05) is 26.7 Å². The third kappa shape index (κ3) is 5.34. The second kappa shape index (κ2) is 10.8. The Labute approximate surface area is 180 Å². The normalized spacial score (nSPS) is 19.1. The molecule has 0 bridgehead atoms. The number of anilines is 1. The average Bonchev–Trinajstić information content (AvgIpc) is 3.30. The molecule has 1 unspecified atom stereocenters. The van der Waals surface area contributed by atoms with Crippen LogP contribution in [0.3, 0.4) is 0 Å². The van der Waals surface area contributed by atoms with Crippen molar-refractivity contribution in [2.45, 2.75) is 58.4 Å². The molecule has 30 heavy (non-hydrogen) atoms. The SMILES string of the molecule is CCC(CC)C(=O)N1CCN(C(C(=O)Nc2ccc(OC)cc2)C2CCCC2)CC1. The Bertz CT molecular complexity index is 688. The molecule has 2 amide bonds. The van der Waals surface area contributed by atoms with Gasteiger partial charge in [0.1, 0.15) is 5.75 Å². The summed E-state index contributed by atoms with van der Waals surface area (Å²) in [5.74, 6) is 1.65. The van der Waals surface area contributed by atoms with Crippen LogP contribution in [0.1, 0.15) is 52.4 Å². The van der Waals surface area contributed by atoms with Gasteiger partial charge >= 0.3 is 0 Å². The van der Waals surface area contributed by atoms with Gasteiger partial charge in [0.05, 0.1) is 13.2 Å². The number of hydrogen-bond donors (Lipinski definition) is 1. The number of rotatable bonds is 8. The van der Waals surface area contributed by atoms with Gasteiger partial charge in [0.15, 0.2) is 0 Å². The summed E-state index contributed by atoms with van der Waals surface area (Å²) in [6.45, 7) is 7.14. The highest BCUT2D eigenvalue weighted by Crippen LogP contribution is 2.32. The predicted molar refractivity (Wildman–Crippen MR) is 120 cm³/mol. The number of carbonyl (C=O) groups excluding carboxylic acids is 2. The maximum absolute atomic E-state index is 13.3. The molecule has 1 heterocycles. The highest BCUT2D eigenvalue weighted by Gasteiger charge is 2.37. The van der Waals surface area contributed by atoms with E-state index in [1.54, 1.807) is 7.11 Å². The van der Waals surface area contributed by atoms with E-state index >= 15 is 0 Å². The van der Waals surface area contributed by atoms with Gasteiger partial charge in [0.2, 0.25) is 11.8 Å². The molecule has 1 saturated carbocycles. The first-order valence-corrected chi connectivity index (χ1v) is 11.5. The summed E-state index contributed by atoms with van der Waals surface area (Å²) >= 11 is 0. The van der Waals surface area contributed by atoms with Crippen LogP contribution in [-0.4, -0.2) is 60.9 Å². The van der Waals surface area contributed by atoms with Crippen molar-refractivity contribution in [2.24, 2.45) is 11.8 Å². The molecule has 1 saturated heterocycles. The molecule has 6 heteroatoms. The fourth-order valence-corrected chi connectivity index (χ4v) is 4.96. The predicted octanol–water partition coefficient (Wildman–Crippen LogP) is 3.77. The highest BCUT2D eigenvalue weighted by molar-refractivity contribution is 5.95. The van der Waals surface area contributed by atoms with Crippen LogP contribution in [0.25, 0.3) is 0 Å². The molecule has 1 aliphatic carbocycles. The first kappa shape index (κ1) is 22.6. The molecule has 0 radical (unpaired) electrons. The minimum Gasteiger partial charge on any atom is -0.497 e. The lowest BCUT2D eigenvalue weighted by Crippen LogP contribution is -2.57. The Morgan fingerprint density at radius 2 is 1.63 bits per heavy atom. The van der Waals surface area contributed by atoms with Crippen LogP contribution in [0.5, 0.6) is 5.75 Å². The third-order valence-electron chi connectivity index (χ3n) is 6.83. The summed E-state index contributed by atoms with van der Waals surface area (Å²) in [6.07, 6.45) is 6.39. The van der Waals surface area contributed by atoms with E-state index in [9.17, 15) is 9.59 Å². The first-order chi connectivity index (χ1) is 14.6. The van der Waals surface area contributed by atoms with Crippen LogP contribution in [0, 0.1) is 11.8 Å². The van der Waals surface area contributed by atoms with Gasteiger partial charge in [0, 0.05) is 37.8 Å². The molecule has 0 aromatic heterocycles. The van der Waals surface area contributed by atoms with E-state index < -0.39 is 0 Å². The molecule has 1 atom stereocenters. The highest BCUT2D eigenvalue weighted by atomic mass is 16.5. The van der Waals surface area contributed by atoms with E-state index in [-0.39, 0.29) is 23.8 Å². The Morgan fingerprint density at radius 3 is 2.17 bits per heavy atom. The Balaban J connectivity index is 1.65. The second-order valence-corrected chi connectivity index (χ2v) is 8.58. The number of hydrogen-bond acceptors (Lipinski definition) is 4. The largest absolute Gasteiger partial charge is 0.497 e. The number of carbonyl (C=O) groups is 2. The van der Waals surface area contributed by atoms with E-state index in [2.05, 4.69) is 24.1 Å². The number of nitrogens with zero attached hydrogens (tertiary/aromatic N) is 2.